The highest BCUT2D eigenvalue weighted by Gasteiger charge is 2.53. The number of carbonyl (C=O) groups excluding carboxylic acids is 1. The summed E-state index contributed by atoms with van der Waals surface area (Å²) in [6.07, 6.45) is -8.35. The molecule has 1 aromatic rings. The zero-order valence-electron chi connectivity index (χ0n) is 11.7. The number of carbonyl (C=O) groups is 1. The molecule has 1 saturated heterocycles. The van der Waals surface area contributed by atoms with Crippen molar-refractivity contribution < 1.29 is 38.4 Å². The Balaban J connectivity index is 2.04. The third-order valence-corrected chi connectivity index (χ3v) is 5.76. The molecule has 0 unspecified atom stereocenters. The molecule has 0 aromatic heterocycles. The quantitative estimate of drug-likeness (QED) is 0.465. The normalized spacial score (nSPS) is 36.1. The van der Waals surface area contributed by atoms with Gasteiger partial charge in [-0.25, -0.2) is 12.7 Å². The van der Waals surface area contributed by atoms with Crippen LogP contribution in [0.1, 0.15) is 10.4 Å². The summed E-state index contributed by atoms with van der Waals surface area (Å²) >= 11 is 0. The van der Waals surface area contributed by atoms with Crippen molar-refractivity contribution in [1.29, 1.82) is 0 Å². The molecular weight excluding hydrogens is 330 g/mol. The van der Waals surface area contributed by atoms with Crippen LogP contribution in [0.3, 0.4) is 0 Å². The zero-order chi connectivity index (χ0) is 16.9. The van der Waals surface area contributed by atoms with Gasteiger partial charge in [-0.1, -0.05) is 12.1 Å². The van der Waals surface area contributed by atoms with Crippen molar-refractivity contribution in [3.05, 3.63) is 29.8 Å². The number of nitrogens with zero attached hydrogens (tertiary/aromatic N) is 1. The van der Waals surface area contributed by atoms with E-state index in [1.807, 2.05) is 0 Å². The number of aliphatic hydroxyl groups is 4. The Morgan fingerprint density at radius 3 is 2.35 bits per heavy atom. The molecule has 23 heavy (non-hydrogen) atoms. The van der Waals surface area contributed by atoms with Crippen LogP contribution < -0.4 is 0 Å². The van der Waals surface area contributed by atoms with E-state index in [9.17, 15) is 28.5 Å². The molecule has 4 N–H and O–H groups in total. The summed E-state index contributed by atoms with van der Waals surface area (Å²) in [4.78, 5) is 12.2. The maximum atomic E-state index is 12.5. The van der Waals surface area contributed by atoms with E-state index < -0.39 is 53.2 Å². The summed E-state index contributed by atoms with van der Waals surface area (Å²) in [7, 11) is -4.28. The predicted octanol–water partition coefficient (Wildman–Crippen LogP) is -2.37. The fourth-order valence-corrected chi connectivity index (χ4v) is 4.39. The molecule has 3 rings (SSSR count). The molecule has 0 spiro atoms. The van der Waals surface area contributed by atoms with Crippen molar-refractivity contribution in [2.45, 2.75) is 35.5 Å². The van der Waals surface area contributed by atoms with Gasteiger partial charge in [0.25, 0.3) is 15.9 Å². The second-order valence-corrected chi connectivity index (χ2v) is 7.10. The minimum atomic E-state index is -4.28. The van der Waals surface area contributed by atoms with Gasteiger partial charge in [-0.15, -0.1) is 0 Å². The van der Waals surface area contributed by atoms with Crippen molar-refractivity contribution in [3.8, 4) is 0 Å². The second-order valence-electron chi connectivity index (χ2n) is 5.32. The smallest absolute Gasteiger partial charge is 0.271 e. The SMILES string of the molecule is O=C1c2ccccc2S(=O)(=O)N1[C@@H]1O[C@H](CO)[C@@H](O)[C@H](O)[C@H]1O. The van der Waals surface area contributed by atoms with Gasteiger partial charge in [-0.3, -0.25) is 4.79 Å². The number of fused-ring (bicyclic) bond motifs is 1. The van der Waals surface area contributed by atoms with Crippen molar-refractivity contribution in [3.63, 3.8) is 0 Å². The second kappa shape index (κ2) is 5.51. The average Bonchev–Trinajstić information content (AvgIpc) is 2.74. The maximum absolute atomic E-state index is 12.5. The molecule has 1 amide bonds. The van der Waals surface area contributed by atoms with Crippen LogP contribution in [0.4, 0.5) is 0 Å². The topological polar surface area (TPSA) is 145 Å². The third kappa shape index (κ3) is 2.26. The standard InChI is InChI=1S/C13H15NO8S/c15-5-7-9(16)10(17)11(18)13(22-7)14-12(19)6-3-1-2-4-8(6)23(14,20)21/h1-4,7,9-11,13,15-18H,5H2/t7-,9-,10+,11-,13-/m1/s1. The number of benzene rings is 1. The molecule has 126 valence electrons. The highest BCUT2D eigenvalue weighted by atomic mass is 32.2. The lowest BCUT2D eigenvalue weighted by atomic mass is 9.98. The Hall–Kier alpha value is -1.56. The highest BCUT2D eigenvalue weighted by Crippen LogP contribution is 2.35. The summed E-state index contributed by atoms with van der Waals surface area (Å²) in [6, 6.07) is 5.50. The summed E-state index contributed by atoms with van der Waals surface area (Å²) < 4.78 is 30.6. The summed E-state index contributed by atoms with van der Waals surface area (Å²) in [5.41, 5.74) is -0.0792. The van der Waals surface area contributed by atoms with Crippen LogP contribution in [-0.4, -0.2) is 76.3 Å². The number of hydrogen-bond acceptors (Lipinski definition) is 8. The van der Waals surface area contributed by atoms with Crippen LogP contribution in [0.25, 0.3) is 0 Å². The predicted molar refractivity (Wildman–Crippen MR) is 73.6 cm³/mol. The average molecular weight is 345 g/mol. The lowest BCUT2D eigenvalue weighted by Crippen LogP contribution is -2.64. The van der Waals surface area contributed by atoms with E-state index in [-0.39, 0.29) is 10.5 Å². The lowest BCUT2D eigenvalue weighted by molar-refractivity contribution is -0.247. The Bertz CT molecular complexity index is 733. The first-order chi connectivity index (χ1) is 10.8. The molecule has 2 heterocycles. The van der Waals surface area contributed by atoms with E-state index in [0.29, 0.717) is 4.31 Å². The van der Waals surface area contributed by atoms with Crippen LogP contribution in [0.15, 0.2) is 29.2 Å². The van der Waals surface area contributed by atoms with E-state index in [1.54, 1.807) is 0 Å². The van der Waals surface area contributed by atoms with Crippen LogP contribution in [-0.2, 0) is 14.8 Å². The van der Waals surface area contributed by atoms with E-state index >= 15 is 0 Å². The first-order valence-electron chi connectivity index (χ1n) is 6.79. The van der Waals surface area contributed by atoms with Crippen molar-refractivity contribution in [2.75, 3.05) is 6.61 Å². The number of rotatable bonds is 2. The Kier molecular flexibility index (Phi) is 3.91. The molecule has 10 heteroatoms. The van der Waals surface area contributed by atoms with Gasteiger partial charge in [0.2, 0.25) is 0 Å². The van der Waals surface area contributed by atoms with Gasteiger partial charge < -0.3 is 25.2 Å². The zero-order valence-corrected chi connectivity index (χ0v) is 12.5. The van der Waals surface area contributed by atoms with Crippen LogP contribution in [0.5, 0.6) is 0 Å². The first-order valence-corrected chi connectivity index (χ1v) is 8.23. The molecule has 2 aliphatic rings. The lowest BCUT2D eigenvalue weighted by Gasteiger charge is -2.42. The molecule has 2 aliphatic heterocycles. The fraction of sp³-hybridized carbons (Fsp3) is 0.462. The monoisotopic (exact) mass is 345 g/mol. The summed E-state index contributed by atoms with van der Waals surface area (Å²) in [6.45, 7) is -0.726. The van der Waals surface area contributed by atoms with Crippen molar-refractivity contribution in [2.24, 2.45) is 0 Å². The van der Waals surface area contributed by atoms with Crippen LogP contribution in [0.2, 0.25) is 0 Å². The molecule has 0 bridgehead atoms. The largest absolute Gasteiger partial charge is 0.394 e. The van der Waals surface area contributed by atoms with Crippen LogP contribution >= 0.6 is 0 Å². The van der Waals surface area contributed by atoms with Crippen LogP contribution in [0, 0.1) is 0 Å². The first kappa shape index (κ1) is 16.3. The number of amides is 1. The van der Waals surface area contributed by atoms with E-state index in [0.717, 1.165) is 0 Å². The fourth-order valence-electron chi connectivity index (χ4n) is 2.73. The molecule has 1 fully saturated rings. The molecule has 0 aliphatic carbocycles. The molecule has 9 nitrogen and oxygen atoms in total. The van der Waals surface area contributed by atoms with Gasteiger partial charge in [0.1, 0.15) is 29.3 Å². The molecule has 1 aromatic carbocycles. The highest BCUT2D eigenvalue weighted by molar-refractivity contribution is 7.90. The number of ether oxygens (including phenoxy) is 1. The summed E-state index contributed by atoms with van der Waals surface area (Å²) in [5, 5.41) is 38.7. The van der Waals surface area contributed by atoms with Gasteiger partial charge in [0.05, 0.1) is 12.2 Å². The maximum Gasteiger partial charge on any atom is 0.271 e. The number of sulfonamides is 1. The van der Waals surface area contributed by atoms with Gasteiger partial charge in [-0.05, 0) is 12.1 Å². The number of hydrogen-bond donors (Lipinski definition) is 4. The van der Waals surface area contributed by atoms with Crippen molar-refractivity contribution >= 4 is 15.9 Å². The minimum Gasteiger partial charge on any atom is -0.394 e. The van der Waals surface area contributed by atoms with Gasteiger partial charge in [0, 0.05) is 0 Å². The van der Waals surface area contributed by atoms with Gasteiger partial charge >= 0.3 is 0 Å². The van der Waals surface area contributed by atoms with Crippen molar-refractivity contribution in [1.82, 2.24) is 4.31 Å². The Morgan fingerprint density at radius 1 is 1.09 bits per heavy atom. The minimum absolute atomic E-state index is 0.0792. The summed E-state index contributed by atoms with van der Waals surface area (Å²) in [5.74, 6) is -0.912. The van der Waals surface area contributed by atoms with E-state index in [1.165, 1.54) is 24.3 Å². The molecule has 0 saturated carbocycles. The van der Waals surface area contributed by atoms with E-state index in [2.05, 4.69) is 0 Å². The third-order valence-electron chi connectivity index (χ3n) is 3.95. The Labute approximate surface area is 131 Å². The van der Waals surface area contributed by atoms with E-state index in [4.69, 9.17) is 9.84 Å². The molecule has 5 atom stereocenters. The molecule has 0 radical (unpaired) electrons. The molecular formula is C13H15NO8S. The Morgan fingerprint density at radius 2 is 1.74 bits per heavy atom. The number of aliphatic hydroxyl groups excluding tert-OH is 4. The van der Waals surface area contributed by atoms with Gasteiger partial charge in [-0.2, -0.15) is 0 Å². The van der Waals surface area contributed by atoms with Gasteiger partial charge in [0.15, 0.2) is 6.23 Å².